The fourth-order valence-electron chi connectivity index (χ4n) is 4.44. The third kappa shape index (κ3) is 3.22. The van der Waals surface area contributed by atoms with Crippen LogP contribution in [0.3, 0.4) is 0 Å². The Labute approximate surface area is 168 Å². The third-order valence-corrected chi connectivity index (χ3v) is 6.23. The maximum absolute atomic E-state index is 13.6. The molecule has 0 bridgehead atoms. The smallest absolute Gasteiger partial charge is 0.376 e. The summed E-state index contributed by atoms with van der Waals surface area (Å²) in [5, 5.41) is 3.68. The predicted molar refractivity (Wildman–Crippen MR) is 108 cm³/mol. The van der Waals surface area contributed by atoms with Crippen LogP contribution in [-0.2, 0) is 11.6 Å². The summed E-state index contributed by atoms with van der Waals surface area (Å²) >= 11 is 6.34. The zero-order chi connectivity index (χ0) is 20.3. The molecule has 1 N–H and O–H groups in total. The van der Waals surface area contributed by atoms with Crippen molar-refractivity contribution in [2.75, 3.05) is 5.32 Å². The van der Waals surface area contributed by atoms with Crippen LogP contribution in [0.5, 0.6) is 0 Å². The summed E-state index contributed by atoms with van der Waals surface area (Å²) in [5.41, 5.74) is 2.45. The number of anilines is 1. The van der Waals surface area contributed by atoms with E-state index in [0.29, 0.717) is 10.7 Å². The minimum atomic E-state index is -4.40. The summed E-state index contributed by atoms with van der Waals surface area (Å²) in [6.07, 6.45) is 0.237. The maximum Gasteiger partial charge on any atom is 0.416 e. The minimum absolute atomic E-state index is 0.0348. The molecule has 0 amide bonds. The lowest BCUT2D eigenvalue weighted by Gasteiger charge is -2.39. The van der Waals surface area contributed by atoms with Crippen LogP contribution < -0.4 is 5.32 Å². The lowest BCUT2D eigenvalue weighted by molar-refractivity contribution is -0.138. The molecular weight excluding hydrogens is 383 g/mol. The van der Waals surface area contributed by atoms with Gasteiger partial charge >= 0.3 is 6.18 Å². The van der Waals surface area contributed by atoms with Crippen molar-refractivity contribution in [1.29, 1.82) is 0 Å². The first-order valence-corrected chi connectivity index (χ1v) is 9.88. The summed E-state index contributed by atoms with van der Waals surface area (Å²) < 4.78 is 40.9. The molecule has 1 aliphatic heterocycles. The average Bonchev–Trinajstić information content (AvgIpc) is 3.09. The first-order valence-electron chi connectivity index (χ1n) is 9.50. The summed E-state index contributed by atoms with van der Waals surface area (Å²) in [4.78, 5) is 0. The Balaban J connectivity index is 1.79. The van der Waals surface area contributed by atoms with E-state index in [1.807, 2.05) is 12.2 Å². The van der Waals surface area contributed by atoms with Gasteiger partial charge in [0, 0.05) is 5.92 Å². The second kappa shape index (κ2) is 6.55. The van der Waals surface area contributed by atoms with Crippen LogP contribution in [0.25, 0.3) is 0 Å². The van der Waals surface area contributed by atoms with Gasteiger partial charge in [-0.15, -0.1) is 0 Å². The number of allylic oxidation sites excluding steroid dienone is 2. The van der Waals surface area contributed by atoms with Crippen molar-refractivity contribution >= 4 is 17.3 Å². The zero-order valence-corrected chi connectivity index (χ0v) is 16.8. The summed E-state index contributed by atoms with van der Waals surface area (Å²) in [6.45, 7) is 6.48. The van der Waals surface area contributed by atoms with E-state index >= 15 is 0 Å². The fourth-order valence-corrected chi connectivity index (χ4v) is 4.66. The number of fused-ring (bicyclic) bond motifs is 3. The van der Waals surface area contributed by atoms with Gasteiger partial charge in [0.15, 0.2) is 0 Å². The molecule has 2 aliphatic rings. The molecule has 0 aromatic heterocycles. The predicted octanol–water partition coefficient (Wildman–Crippen LogP) is 7.48. The largest absolute Gasteiger partial charge is 0.416 e. The van der Waals surface area contributed by atoms with E-state index in [9.17, 15) is 13.2 Å². The second-order valence-corrected chi connectivity index (χ2v) is 9.14. The number of hydrogen-bond acceptors (Lipinski definition) is 1. The normalized spacial score (nSPS) is 23.9. The highest BCUT2D eigenvalue weighted by Crippen LogP contribution is 2.54. The Morgan fingerprint density at radius 3 is 2.29 bits per heavy atom. The molecule has 148 valence electrons. The fraction of sp³-hybridized carbons (Fsp3) is 0.391. The van der Waals surface area contributed by atoms with Gasteiger partial charge in [-0.05, 0) is 46.6 Å². The lowest BCUT2D eigenvalue weighted by atomic mass is 9.75. The molecule has 4 rings (SSSR count). The summed E-state index contributed by atoms with van der Waals surface area (Å²) in [5.74, 6) is -0.258. The second-order valence-electron chi connectivity index (χ2n) is 8.73. The highest BCUT2D eigenvalue weighted by molar-refractivity contribution is 6.33. The van der Waals surface area contributed by atoms with Gasteiger partial charge in [0.05, 0.1) is 22.3 Å². The van der Waals surface area contributed by atoms with Crippen molar-refractivity contribution in [2.24, 2.45) is 5.92 Å². The molecule has 0 saturated heterocycles. The number of rotatable bonds is 1. The number of hydrogen-bond donors (Lipinski definition) is 1. The van der Waals surface area contributed by atoms with Crippen LogP contribution in [0, 0.1) is 5.92 Å². The van der Waals surface area contributed by atoms with Gasteiger partial charge in [0.2, 0.25) is 0 Å². The number of nitrogens with one attached hydrogen (secondary N) is 1. The molecule has 5 heteroatoms. The van der Waals surface area contributed by atoms with Crippen molar-refractivity contribution in [2.45, 2.75) is 50.7 Å². The maximum atomic E-state index is 13.6. The van der Waals surface area contributed by atoms with Gasteiger partial charge in [-0.1, -0.05) is 68.8 Å². The molecule has 0 radical (unpaired) electrons. The van der Waals surface area contributed by atoms with Crippen LogP contribution in [0.1, 0.15) is 61.4 Å². The molecule has 1 nitrogen and oxygen atoms in total. The number of halogens is 4. The molecule has 3 atom stereocenters. The minimum Gasteiger partial charge on any atom is -0.376 e. The van der Waals surface area contributed by atoms with Gasteiger partial charge in [0.25, 0.3) is 0 Å². The number of benzene rings is 2. The van der Waals surface area contributed by atoms with Crippen molar-refractivity contribution in [1.82, 2.24) is 0 Å². The van der Waals surface area contributed by atoms with Crippen LogP contribution in [0.15, 0.2) is 48.6 Å². The molecule has 2 aromatic carbocycles. The SMILES string of the molecule is CC(C)(C)c1ccc([C@@H]2Nc3c(Cl)ccc(C(F)(F)F)c3[C@H]3C=CC[C@@H]32)cc1. The third-order valence-electron chi connectivity index (χ3n) is 5.91. The van der Waals surface area contributed by atoms with Crippen molar-refractivity contribution in [3.8, 4) is 0 Å². The highest BCUT2D eigenvalue weighted by Gasteiger charge is 2.44. The quantitative estimate of drug-likeness (QED) is 0.485. The van der Waals surface area contributed by atoms with Gasteiger partial charge in [-0.3, -0.25) is 0 Å². The van der Waals surface area contributed by atoms with Gasteiger partial charge in [-0.25, -0.2) is 0 Å². The monoisotopic (exact) mass is 405 g/mol. The zero-order valence-electron chi connectivity index (χ0n) is 16.1. The van der Waals surface area contributed by atoms with Gasteiger partial charge in [-0.2, -0.15) is 13.2 Å². The molecule has 1 heterocycles. The van der Waals surface area contributed by atoms with Crippen LogP contribution >= 0.6 is 11.6 Å². The molecule has 28 heavy (non-hydrogen) atoms. The average molecular weight is 406 g/mol. The molecular formula is C23H23ClF3N. The van der Waals surface area contributed by atoms with Gasteiger partial charge < -0.3 is 5.32 Å². The Morgan fingerprint density at radius 1 is 1.00 bits per heavy atom. The Hall–Kier alpha value is -1.94. The first kappa shape index (κ1) is 19.4. The lowest BCUT2D eigenvalue weighted by Crippen LogP contribution is -2.31. The number of alkyl halides is 3. The molecule has 0 unspecified atom stereocenters. The van der Waals surface area contributed by atoms with E-state index < -0.39 is 11.7 Å². The van der Waals surface area contributed by atoms with E-state index in [-0.39, 0.29) is 28.9 Å². The topological polar surface area (TPSA) is 12.0 Å². The van der Waals surface area contributed by atoms with E-state index in [1.165, 1.54) is 11.6 Å². The summed E-state index contributed by atoms with van der Waals surface area (Å²) in [7, 11) is 0. The summed E-state index contributed by atoms with van der Waals surface area (Å²) in [6, 6.07) is 10.7. The Bertz CT molecular complexity index is 923. The van der Waals surface area contributed by atoms with Crippen LogP contribution in [0.2, 0.25) is 5.02 Å². The van der Waals surface area contributed by atoms with Crippen LogP contribution in [0.4, 0.5) is 18.9 Å². The molecule has 0 spiro atoms. The first-order chi connectivity index (χ1) is 13.1. The van der Waals surface area contributed by atoms with Gasteiger partial charge in [0.1, 0.15) is 0 Å². The Kier molecular flexibility index (Phi) is 4.53. The molecule has 0 fully saturated rings. The molecule has 0 saturated carbocycles. The molecule has 2 aromatic rings. The van der Waals surface area contributed by atoms with E-state index in [0.717, 1.165) is 18.1 Å². The van der Waals surface area contributed by atoms with Crippen molar-refractivity contribution < 1.29 is 13.2 Å². The van der Waals surface area contributed by atoms with Crippen molar-refractivity contribution in [3.05, 3.63) is 75.8 Å². The van der Waals surface area contributed by atoms with E-state index in [4.69, 9.17) is 11.6 Å². The van der Waals surface area contributed by atoms with E-state index in [2.05, 4.69) is 50.4 Å². The van der Waals surface area contributed by atoms with Crippen LogP contribution in [-0.4, -0.2) is 0 Å². The Morgan fingerprint density at radius 2 is 1.68 bits per heavy atom. The van der Waals surface area contributed by atoms with Crippen molar-refractivity contribution in [3.63, 3.8) is 0 Å². The van der Waals surface area contributed by atoms with E-state index in [1.54, 1.807) is 0 Å². The molecule has 1 aliphatic carbocycles. The standard InChI is InChI=1S/C23H23ClF3N/c1-22(2,3)14-9-7-13(8-10-14)20-16-6-4-5-15(16)19-17(23(25,26)27)11-12-18(24)21(19)28-20/h4-5,7-12,15-16,20,28H,6H2,1-3H3/t15-,16-,20-/m0/s1. The highest BCUT2D eigenvalue weighted by atomic mass is 35.5.